The molecule has 28 heavy (non-hydrogen) atoms. The molecule has 5 rings (SSSR count). The van der Waals surface area contributed by atoms with Gasteiger partial charge in [0.05, 0.1) is 13.2 Å². The zero-order valence-electron chi connectivity index (χ0n) is 16.0. The van der Waals surface area contributed by atoms with Gasteiger partial charge in [0, 0.05) is 67.3 Å². The van der Waals surface area contributed by atoms with Crippen LogP contribution in [-0.4, -0.2) is 67.4 Å². The highest BCUT2D eigenvalue weighted by Gasteiger charge is 2.23. The Labute approximate surface area is 168 Å². The minimum Gasteiger partial charge on any atom is -0.378 e. The van der Waals surface area contributed by atoms with Crippen molar-refractivity contribution in [2.45, 2.75) is 6.92 Å². The third kappa shape index (κ3) is 3.38. The summed E-state index contributed by atoms with van der Waals surface area (Å²) in [6.07, 6.45) is 1.92. The van der Waals surface area contributed by atoms with E-state index >= 15 is 0 Å². The zero-order chi connectivity index (χ0) is 18.9. The Balaban J connectivity index is 1.33. The maximum atomic E-state index is 5.47. The maximum absolute atomic E-state index is 5.47. The molecule has 0 unspecified atom stereocenters. The van der Waals surface area contributed by atoms with Crippen LogP contribution in [0.25, 0.3) is 10.1 Å². The molecule has 0 atom stereocenters. The Morgan fingerprint density at radius 3 is 2.54 bits per heavy atom. The van der Waals surface area contributed by atoms with E-state index in [-0.39, 0.29) is 0 Å². The SMILES string of the molecule is Cc1cc(N2CCOCC2)nc(N2CCN(c3nccc4sccc34)CC2)n1. The Morgan fingerprint density at radius 2 is 1.71 bits per heavy atom. The van der Waals surface area contributed by atoms with Gasteiger partial charge in [-0.2, -0.15) is 4.98 Å². The van der Waals surface area contributed by atoms with Gasteiger partial charge in [-0.3, -0.25) is 0 Å². The monoisotopic (exact) mass is 396 g/mol. The van der Waals surface area contributed by atoms with Crippen molar-refractivity contribution in [1.29, 1.82) is 0 Å². The highest BCUT2D eigenvalue weighted by Crippen LogP contribution is 2.29. The van der Waals surface area contributed by atoms with Gasteiger partial charge in [-0.15, -0.1) is 11.3 Å². The molecule has 3 aromatic rings. The second kappa shape index (κ2) is 7.52. The lowest BCUT2D eigenvalue weighted by molar-refractivity contribution is 0.122. The predicted molar refractivity (Wildman–Crippen MR) is 114 cm³/mol. The number of rotatable bonds is 3. The summed E-state index contributed by atoms with van der Waals surface area (Å²) in [5, 5.41) is 3.39. The first-order valence-corrected chi connectivity index (χ1v) is 10.7. The molecule has 3 aromatic heterocycles. The summed E-state index contributed by atoms with van der Waals surface area (Å²) >= 11 is 1.77. The van der Waals surface area contributed by atoms with Crippen LogP contribution in [0.3, 0.4) is 0 Å². The number of aryl methyl sites for hydroxylation is 1. The van der Waals surface area contributed by atoms with Gasteiger partial charge in [-0.25, -0.2) is 9.97 Å². The lowest BCUT2D eigenvalue weighted by Crippen LogP contribution is -2.47. The molecule has 2 aliphatic heterocycles. The van der Waals surface area contributed by atoms with E-state index < -0.39 is 0 Å². The van der Waals surface area contributed by atoms with Gasteiger partial charge in [0.1, 0.15) is 11.6 Å². The van der Waals surface area contributed by atoms with Crippen LogP contribution in [0.1, 0.15) is 5.69 Å². The number of anilines is 3. The predicted octanol–water partition coefficient (Wildman–Crippen LogP) is 2.56. The van der Waals surface area contributed by atoms with Crippen LogP contribution in [0.4, 0.5) is 17.6 Å². The molecule has 7 nitrogen and oxygen atoms in total. The van der Waals surface area contributed by atoms with Crippen LogP contribution >= 0.6 is 11.3 Å². The topological polar surface area (TPSA) is 57.6 Å². The normalized spacial score (nSPS) is 18.1. The van der Waals surface area contributed by atoms with Crippen LogP contribution in [0, 0.1) is 6.92 Å². The molecule has 0 saturated carbocycles. The number of hydrogen-bond donors (Lipinski definition) is 0. The average Bonchev–Trinajstić information content (AvgIpc) is 3.23. The second-order valence-electron chi connectivity index (χ2n) is 7.21. The summed E-state index contributed by atoms with van der Waals surface area (Å²) in [6.45, 7) is 8.99. The van der Waals surface area contributed by atoms with Crippen molar-refractivity contribution in [3.63, 3.8) is 0 Å². The van der Waals surface area contributed by atoms with Crippen molar-refractivity contribution >= 4 is 39.0 Å². The van der Waals surface area contributed by atoms with Crippen molar-refractivity contribution in [3.8, 4) is 0 Å². The molecule has 0 spiro atoms. The number of morpholine rings is 1. The van der Waals surface area contributed by atoms with E-state index in [1.807, 2.05) is 13.1 Å². The molecule has 0 bridgehead atoms. The fourth-order valence-corrected chi connectivity index (χ4v) is 4.66. The molecular weight excluding hydrogens is 372 g/mol. The number of nitrogens with zero attached hydrogens (tertiary/aromatic N) is 6. The Hall–Kier alpha value is -2.45. The van der Waals surface area contributed by atoms with E-state index in [0.717, 1.165) is 75.8 Å². The van der Waals surface area contributed by atoms with E-state index in [1.54, 1.807) is 11.3 Å². The summed E-state index contributed by atoms with van der Waals surface area (Å²) in [5.74, 6) is 2.94. The van der Waals surface area contributed by atoms with E-state index in [4.69, 9.17) is 14.7 Å². The maximum Gasteiger partial charge on any atom is 0.227 e. The standard InChI is InChI=1S/C20H24N6OS/c1-15-14-18(24-9-11-27-12-10-24)23-20(22-15)26-7-5-25(6-8-26)19-16-3-13-28-17(16)2-4-21-19/h2-4,13-14H,5-12H2,1H3. The minimum atomic E-state index is 0.762. The van der Waals surface area contributed by atoms with Crippen molar-refractivity contribution in [2.24, 2.45) is 0 Å². The van der Waals surface area contributed by atoms with E-state index in [2.05, 4.69) is 43.3 Å². The number of fused-ring (bicyclic) bond motifs is 1. The van der Waals surface area contributed by atoms with Gasteiger partial charge in [-0.1, -0.05) is 0 Å². The molecular formula is C20H24N6OS. The lowest BCUT2D eigenvalue weighted by Gasteiger charge is -2.36. The number of piperazine rings is 1. The molecule has 0 aromatic carbocycles. The molecule has 2 saturated heterocycles. The highest BCUT2D eigenvalue weighted by atomic mass is 32.1. The smallest absolute Gasteiger partial charge is 0.227 e. The fourth-order valence-electron chi connectivity index (χ4n) is 3.88. The first kappa shape index (κ1) is 17.6. The van der Waals surface area contributed by atoms with Crippen LogP contribution in [-0.2, 0) is 4.74 Å². The molecule has 8 heteroatoms. The highest BCUT2D eigenvalue weighted by molar-refractivity contribution is 7.17. The summed E-state index contributed by atoms with van der Waals surface area (Å²) < 4.78 is 6.77. The van der Waals surface area contributed by atoms with Gasteiger partial charge < -0.3 is 19.4 Å². The Bertz CT molecular complexity index is 962. The van der Waals surface area contributed by atoms with E-state index in [9.17, 15) is 0 Å². The van der Waals surface area contributed by atoms with Crippen molar-refractivity contribution < 1.29 is 4.74 Å². The number of thiophene rings is 1. The van der Waals surface area contributed by atoms with Gasteiger partial charge in [0.2, 0.25) is 5.95 Å². The molecule has 2 fully saturated rings. The summed E-state index contributed by atoms with van der Waals surface area (Å²) in [5.41, 5.74) is 1.01. The first-order valence-electron chi connectivity index (χ1n) is 9.78. The second-order valence-corrected chi connectivity index (χ2v) is 8.16. The third-order valence-corrected chi connectivity index (χ3v) is 6.27. The third-order valence-electron chi connectivity index (χ3n) is 5.38. The van der Waals surface area contributed by atoms with Gasteiger partial charge in [-0.05, 0) is 24.4 Å². The molecule has 0 N–H and O–H groups in total. The van der Waals surface area contributed by atoms with Gasteiger partial charge in [0.25, 0.3) is 0 Å². The summed E-state index contributed by atoms with van der Waals surface area (Å²) in [4.78, 5) is 21.2. The van der Waals surface area contributed by atoms with Crippen molar-refractivity contribution in [3.05, 3.63) is 35.5 Å². The number of pyridine rings is 1. The molecule has 0 radical (unpaired) electrons. The zero-order valence-corrected chi connectivity index (χ0v) is 16.9. The van der Waals surface area contributed by atoms with Crippen LogP contribution in [0.5, 0.6) is 0 Å². The molecule has 0 aliphatic carbocycles. The largest absolute Gasteiger partial charge is 0.378 e. The Kier molecular flexibility index (Phi) is 4.74. The van der Waals surface area contributed by atoms with E-state index in [0.29, 0.717) is 0 Å². The van der Waals surface area contributed by atoms with Crippen molar-refractivity contribution in [1.82, 2.24) is 15.0 Å². The quantitative estimate of drug-likeness (QED) is 0.674. The minimum absolute atomic E-state index is 0.762. The van der Waals surface area contributed by atoms with Crippen LogP contribution in [0.2, 0.25) is 0 Å². The molecule has 5 heterocycles. The van der Waals surface area contributed by atoms with E-state index in [1.165, 1.54) is 10.1 Å². The number of ether oxygens (including phenoxy) is 1. The molecule has 2 aliphatic rings. The average molecular weight is 397 g/mol. The van der Waals surface area contributed by atoms with Crippen LogP contribution < -0.4 is 14.7 Å². The summed E-state index contributed by atoms with van der Waals surface area (Å²) in [6, 6.07) is 6.34. The first-order chi connectivity index (χ1) is 13.8. The number of aromatic nitrogens is 3. The molecule has 0 amide bonds. The van der Waals surface area contributed by atoms with Crippen LogP contribution in [0.15, 0.2) is 29.8 Å². The fraction of sp³-hybridized carbons (Fsp3) is 0.450. The Morgan fingerprint density at radius 1 is 0.929 bits per heavy atom. The number of hydrogen-bond acceptors (Lipinski definition) is 8. The summed E-state index contributed by atoms with van der Waals surface area (Å²) in [7, 11) is 0. The van der Waals surface area contributed by atoms with Crippen molar-refractivity contribution in [2.75, 3.05) is 67.2 Å². The lowest BCUT2D eigenvalue weighted by atomic mass is 10.2. The van der Waals surface area contributed by atoms with Gasteiger partial charge in [0.15, 0.2) is 0 Å². The molecule has 146 valence electrons. The van der Waals surface area contributed by atoms with Gasteiger partial charge >= 0.3 is 0 Å².